The van der Waals surface area contributed by atoms with Gasteiger partial charge in [0.15, 0.2) is 5.82 Å². The zero-order valence-corrected chi connectivity index (χ0v) is 31.0. The summed E-state index contributed by atoms with van der Waals surface area (Å²) in [6, 6.07) is 7.55. The van der Waals surface area contributed by atoms with Gasteiger partial charge >= 0.3 is 0 Å². The van der Waals surface area contributed by atoms with E-state index in [-0.39, 0.29) is 57.1 Å². The summed E-state index contributed by atoms with van der Waals surface area (Å²) in [6.07, 6.45) is -6.01. The number of anilines is 1. The summed E-state index contributed by atoms with van der Waals surface area (Å²) in [5, 5.41) is 33.8. The van der Waals surface area contributed by atoms with Crippen molar-refractivity contribution in [2.24, 2.45) is 7.05 Å². The lowest BCUT2D eigenvalue weighted by atomic mass is 9.93. The smallest absolute Gasteiger partial charge is 0.290 e. The monoisotopic (exact) mass is 801 g/mol. The fourth-order valence-corrected chi connectivity index (χ4v) is 6.82. The molecule has 0 radical (unpaired) electrons. The molecule has 0 fully saturated rings. The largest absolute Gasteiger partial charge is 0.384 e. The number of aryl methyl sites for hydroxylation is 1. The van der Waals surface area contributed by atoms with Crippen molar-refractivity contribution in [2.45, 2.75) is 76.7 Å². The van der Waals surface area contributed by atoms with Crippen LogP contribution in [0.2, 0.25) is 5.02 Å². The highest BCUT2D eigenvalue weighted by atomic mass is 35.5. The number of aromatic nitrogens is 5. The predicted molar refractivity (Wildman–Crippen MR) is 193 cm³/mol. The second-order valence-corrected chi connectivity index (χ2v) is 14.3. The molecule has 0 spiro atoms. The van der Waals surface area contributed by atoms with Crippen LogP contribution in [0.1, 0.15) is 73.6 Å². The number of nitrogens with zero attached hydrogens (tertiary/aromatic N) is 5. The van der Waals surface area contributed by atoms with Crippen LogP contribution in [0.25, 0.3) is 22.0 Å². The van der Waals surface area contributed by atoms with E-state index in [0.717, 1.165) is 12.1 Å². The number of carbonyl (C=O) groups is 2. The van der Waals surface area contributed by atoms with Crippen molar-refractivity contribution in [2.75, 3.05) is 5.32 Å². The minimum absolute atomic E-state index is 0.00855. The Bertz CT molecular complexity index is 2410. The van der Waals surface area contributed by atoms with E-state index in [1.807, 2.05) is 0 Å². The third-order valence-corrected chi connectivity index (χ3v) is 9.23. The Kier molecular flexibility index (Phi) is 11.0. The van der Waals surface area contributed by atoms with E-state index in [2.05, 4.69) is 32.7 Å². The lowest BCUT2D eigenvalue weighted by molar-refractivity contribution is -0.123. The summed E-state index contributed by atoms with van der Waals surface area (Å²) in [4.78, 5) is 31.0. The Labute approximate surface area is 320 Å². The van der Waals surface area contributed by atoms with Gasteiger partial charge in [0, 0.05) is 36.2 Å². The van der Waals surface area contributed by atoms with Crippen LogP contribution in [0, 0.1) is 23.5 Å². The SMILES string of the molecule is CC(O)C(=O)Nc1nn(C)c2c(-c3ccc(C#CC(C)(C)O)nc3C(Cc3cc(F)cc(F)c3)NC(=O)Cn3nc(C(F)F)c4c3C(F)(F)CC4)ccc(Cl)c12. The van der Waals surface area contributed by atoms with Gasteiger partial charge in [0.1, 0.15) is 47.0 Å². The molecule has 56 heavy (non-hydrogen) atoms. The van der Waals surface area contributed by atoms with E-state index in [1.54, 1.807) is 19.2 Å². The lowest BCUT2D eigenvalue weighted by Crippen LogP contribution is -2.35. The van der Waals surface area contributed by atoms with Crippen molar-refractivity contribution in [3.05, 3.63) is 93.0 Å². The van der Waals surface area contributed by atoms with E-state index in [1.165, 1.54) is 37.6 Å². The van der Waals surface area contributed by atoms with Gasteiger partial charge in [-0.05, 0) is 75.4 Å². The van der Waals surface area contributed by atoms with Crippen molar-refractivity contribution < 1.29 is 46.1 Å². The van der Waals surface area contributed by atoms with Crippen LogP contribution in [0.5, 0.6) is 0 Å². The van der Waals surface area contributed by atoms with E-state index >= 15 is 0 Å². The highest BCUT2D eigenvalue weighted by Crippen LogP contribution is 2.45. The van der Waals surface area contributed by atoms with Crippen molar-refractivity contribution in [3.63, 3.8) is 0 Å². The Morgan fingerprint density at radius 2 is 1.73 bits per heavy atom. The number of hydrogen-bond acceptors (Lipinski definition) is 7. The average molecular weight is 802 g/mol. The van der Waals surface area contributed by atoms with Crippen LogP contribution in [-0.2, 0) is 41.9 Å². The number of hydrogen-bond donors (Lipinski definition) is 4. The van der Waals surface area contributed by atoms with Crippen LogP contribution in [0.3, 0.4) is 0 Å². The van der Waals surface area contributed by atoms with Crippen LogP contribution in [0.15, 0.2) is 42.5 Å². The zero-order valence-electron chi connectivity index (χ0n) is 30.2. The van der Waals surface area contributed by atoms with Gasteiger partial charge in [-0.15, -0.1) is 0 Å². The van der Waals surface area contributed by atoms with Crippen molar-refractivity contribution in [1.29, 1.82) is 0 Å². The Morgan fingerprint density at radius 3 is 2.38 bits per heavy atom. The number of benzene rings is 2. The molecular formula is C38H34ClF6N7O4. The second kappa shape index (κ2) is 15.2. The molecule has 4 N–H and O–H groups in total. The normalized spacial score (nSPS) is 14.7. The molecule has 2 aromatic carbocycles. The van der Waals surface area contributed by atoms with Gasteiger partial charge in [-0.25, -0.2) is 22.5 Å². The first-order chi connectivity index (χ1) is 26.2. The third kappa shape index (κ3) is 8.37. The van der Waals surface area contributed by atoms with Crippen molar-refractivity contribution >= 4 is 40.1 Å². The molecule has 294 valence electrons. The van der Waals surface area contributed by atoms with Crippen LogP contribution in [0.4, 0.5) is 32.2 Å². The third-order valence-electron chi connectivity index (χ3n) is 8.91. The van der Waals surface area contributed by atoms with Crippen molar-refractivity contribution in [3.8, 4) is 23.0 Å². The summed E-state index contributed by atoms with van der Waals surface area (Å²) >= 11 is 6.61. The first kappa shape index (κ1) is 40.2. The standard InChI is InChI=1S/C38H34ClF6N7O4/c1-18(53)36(55)48-35-29-26(39)8-7-24(32(29)51(4)50-35)23-6-5-22(9-11-37(2,3)56)46-30(23)27(15-19-13-20(40)16-21(41)14-19)47-28(54)17-52-33-25(10-12-38(33,44)45)31(49-52)34(42)43/h5-8,13-14,16,18,27,34,53,56H,10,12,15,17H2,1-4H3,(H,47,54)(H,48,50,55). The molecule has 2 unspecified atom stereocenters. The van der Waals surface area contributed by atoms with E-state index in [0.29, 0.717) is 21.8 Å². The molecule has 2 amide bonds. The molecule has 0 saturated heterocycles. The number of fused-ring (bicyclic) bond motifs is 2. The highest BCUT2D eigenvalue weighted by molar-refractivity contribution is 6.37. The Hall–Kier alpha value is -5.44. The fourth-order valence-electron chi connectivity index (χ4n) is 6.58. The number of carbonyl (C=O) groups excluding carboxylic acids is 2. The number of aliphatic hydroxyl groups is 2. The van der Waals surface area contributed by atoms with E-state index in [4.69, 9.17) is 16.6 Å². The Balaban J connectivity index is 1.53. The molecule has 6 rings (SSSR count). The number of nitrogens with one attached hydrogen (secondary N) is 2. The van der Waals surface area contributed by atoms with Crippen LogP contribution < -0.4 is 10.6 Å². The molecule has 0 bridgehead atoms. The van der Waals surface area contributed by atoms with Gasteiger partial charge in [0.05, 0.1) is 27.7 Å². The first-order valence-electron chi connectivity index (χ1n) is 17.1. The van der Waals surface area contributed by atoms with E-state index < -0.39 is 77.9 Å². The van der Waals surface area contributed by atoms with Crippen LogP contribution in [-0.4, -0.2) is 58.3 Å². The number of rotatable bonds is 10. The number of aliphatic hydroxyl groups excluding tert-OH is 1. The van der Waals surface area contributed by atoms with Gasteiger partial charge in [0.25, 0.3) is 18.3 Å². The number of amides is 2. The molecule has 2 atom stereocenters. The Morgan fingerprint density at radius 1 is 1.05 bits per heavy atom. The van der Waals surface area contributed by atoms with Gasteiger partial charge < -0.3 is 20.8 Å². The number of alkyl halides is 4. The fraction of sp³-hybridized carbons (Fsp3) is 0.342. The number of halogens is 7. The molecule has 3 heterocycles. The molecule has 1 aliphatic carbocycles. The summed E-state index contributed by atoms with van der Waals surface area (Å²) in [5.74, 6) is -1.74. The van der Waals surface area contributed by atoms with Gasteiger partial charge in [-0.1, -0.05) is 23.6 Å². The summed E-state index contributed by atoms with van der Waals surface area (Å²) < 4.78 is 88.6. The molecule has 5 aromatic rings. The molecular weight excluding hydrogens is 768 g/mol. The molecule has 18 heteroatoms. The zero-order chi connectivity index (χ0) is 40.9. The quantitative estimate of drug-likeness (QED) is 0.0961. The van der Waals surface area contributed by atoms with Gasteiger partial charge in [0.2, 0.25) is 5.91 Å². The average Bonchev–Trinajstić information content (AvgIpc) is 3.74. The highest BCUT2D eigenvalue weighted by Gasteiger charge is 2.46. The maximum absolute atomic E-state index is 15.0. The van der Waals surface area contributed by atoms with Gasteiger partial charge in [-0.3, -0.25) is 19.0 Å². The molecule has 1 aliphatic rings. The minimum Gasteiger partial charge on any atom is -0.384 e. The predicted octanol–water partition coefficient (Wildman–Crippen LogP) is 6.28. The molecule has 11 nitrogen and oxygen atoms in total. The second-order valence-electron chi connectivity index (χ2n) is 13.9. The minimum atomic E-state index is -3.53. The molecule has 3 aromatic heterocycles. The lowest BCUT2D eigenvalue weighted by Gasteiger charge is -2.23. The molecule has 0 saturated carbocycles. The first-order valence-corrected chi connectivity index (χ1v) is 17.5. The maximum Gasteiger partial charge on any atom is 0.290 e. The summed E-state index contributed by atoms with van der Waals surface area (Å²) in [7, 11) is 1.55. The molecule has 0 aliphatic heterocycles. The summed E-state index contributed by atoms with van der Waals surface area (Å²) in [5.41, 5.74) is -2.28. The summed E-state index contributed by atoms with van der Waals surface area (Å²) in [6.45, 7) is 3.21. The maximum atomic E-state index is 15.0. The van der Waals surface area contributed by atoms with Gasteiger partial charge in [-0.2, -0.15) is 19.0 Å². The van der Waals surface area contributed by atoms with E-state index in [9.17, 15) is 46.1 Å². The van der Waals surface area contributed by atoms with Crippen LogP contribution >= 0.6 is 11.6 Å². The van der Waals surface area contributed by atoms with Crippen molar-refractivity contribution in [1.82, 2.24) is 29.9 Å². The number of pyridine rings is 1. The topological polar surface area (TPSA) is 147 Å².